The van der Waals surface area contributed by atoms with E-state index < -0.39 is 0 Å². The monoisotopic (exact) mass is 330 g/mol. The van der Waals surface area contributed by atoms with Gasteiger partial charge in [0.05, 0.1) is 16.3 Å². The fourth-order valence-electron chi connectivity index (χ4n) is 1.78. The highest BCUT2D eigenvalue weighted by atomic mass is 32.1. The van der Waals surface area contributed by atoms with Crippen LogP contribution in [0.2, 0.25) is 0 Å². The Kier molecular flexibility index (Phi) is 5.31. The molecule has 0 radical (unpaired) electrons. The number of aromatic nitrogens is 2. The molecule has 1 N–H and O–H groups in total. The topological polar surface area (TPSA) is 104 Å². The van der Waals surface area contributed by atoms with Crippen LogP contribution in [0.5, 0.6) is 0 Å². The molecule has 0 aliphatic heterocycles. The van der Waals surface area contributed by atoms with Crippen molar-refractivity contribution in [2.45, 2.75) is 32.6 Å². The highest BCUT2D eigenvalue weighted by Gasteiger charge is 2.17. The van der Waals surface area contributed by atoms with Crippen LogP contribution in [0, 0.1) is 0 Å². The summed E-state index contributed by atoms with van der Waals surface area (Å²) in [6, 6.07) is 3.08. The molecule has 2 rings (SSSR count). The lowest BCUT2D eigenvalue weighted by molar-refractivity contribution is 0.0954. The summed E-state index contributed by atoms with van der Waals surface area (Å²) in [7, 11) is 0. The summed E-state index contributed by atoms with van der Waals surface area (Å²) < 4.78 is 0. The third-order valence-corrected chi connectivity index (χ3v) is 4.01. The Morgan fingerprint density at radius 1 is 1.43 bits per heavy atom. The average Bonchev–Trinajstić information content (AvgIpc) is 2.97. The summed E-state index contributed by atoms with van der Waals surface area (Å²) in [5, 5.41) is 9.26. The molecule has 0 aliphatic carbocycles. The molecule has 0 fully saturated rings. The minimum absolute atomic E-state index is 0.0390. The number of carbonyl (C=O) groups excluding carboxylic acids is 1. The lowest BCUT2D eigenvalue weighted by Gasteiger charge is -2.14. The van der Waals surface area contributed by atoms with Crippen molar-refractivity contribution in [2.75, 3.05) is 6.54 Å². The van der Waals surface area contributed by atoms with Crippen molar-refractivity contribution in [1.82, 2.24) is 15.3 Å². The van der Waals surface area contributed by atoms with Crippen LogP contribution in [0.3, 0.4) is 0 Å². The molecular formula is C15H18N6OS. The van der Waals surface area contributed by atoms with E-state index in [1.807, 2.05) is 0 Å². The van der Waals surface area contributed by atoms with Gasteiger partial charge in [0.2, 0.25) is 0 Å². The van der Waals surface area contributed by atoms with Crippen molar-refractivity contribution < 1.29 is 4.79 Å². The molecule has 1 amide bonds. The fraction of sp³-hybridized carbons (Fsp3) is 0.400. The van der Waals surface area contributed by atoms with Crippen molar-refractivity contribution in [1.29, 1.82) is 0 Å². The fourth-order valence-corrected chi connectivity index (χ4v) is 2.81. The van der Waals surface area contributed by atoms with Crippen LogP contribution in [0.25, 0.3) is 10.4 Å². The first-order valence-electron chi connectivity index (χ1n) is 7.14. The first-order valence-corrected chi connectivity index (χ1v) is 8.02. The number of hydrogen-bond donors (Lipinski definition) is 1. The minimum Gasteiger partial charge on any atom is -0.352 e. The van der Waals surface area contributed by atoms with Crippen molar-refractivity contribution in [3.63, 3.8) is 0 Å². The maximum atomic E-state index is 12.0. The average molecular weight is 330 g/mol. The van der Waals surface area contributed by atoms with Crippen LogP contribution >= 0.6 is 11.3 Å². The van der Waals surface area contributed by atoms with E-state index in [9.17, 15) is 4.79 Å². The quantitative estimate of drug-likeness (QED) is 0.513. The summed E-state index contributed by atoms with van der Waals surface area (Å²) in [5.41, 5.74) is 9.85. The molecule has 2 heterocycles. The zero-order valence-electron chi connectivity index (χ0n) is 13.3. The third kappa shape index (κ3) is 4.77. The van der Waals surface area contributed by atoms with E-state index in [0.29, 0.717) is 18.5 Å². The van der Waals surface area contributed by atoms with Gasteiger partial charge in [-0.15, -0.1) is 11.3 Å². The molecule has 0 saturated carbocycles. The van der Waals surface area contributed by atoms with E-state index in [1.54, 1.807) is 17.4 Å². The van der Waals surface area contributed by atoms with Crippen molar-refractivity contribution in [3.05, 3.63) is 50.4 Å². The van der Waals surface area contributed by atoms with E-state index in [0.717, 1.165) is 10.7 Å². The zero-order valence-corrected chi connectivity index (χ0v) is 14.1. The number of nitrogens with zero attached hydrogens (tertiary/aromatic N) is 5. The van der Waals surface area contributed by atoms with Crippen molar-refractivity contribution in [2.24, 2.45) is 5.11 Å². The summed E-state index contributed by atoms with van der Waals surface area (Å²) in [4.78, 5) is 23.1. The number of pyridine rings is 1. The van der Waals surface area contributed by atoms with E-state index in [2.05, 4.69) is 51.5 Å². The van der Waals surface area contributed by atoms with Crippen LogP contribution in [0.1, 0.15) is 41.8 Å². The molecule has 0 aromatic carbocycles. The summed E-state index contributed by atoms with van der Waals surface area (Å²) >= 11 is 1.61. The molecule has 7 nitrogen and oxygen atoms in total. The maximum Gasteiger partial charge on any atom is 0.252 e. The Morgan fingerprint density at radius 3 is 2.78 bits per heavy atom. The molecular weight excluding hydrogens is 312 g/mol. The van der Waals surface area contributed by atoms with Gasteiger partial charge in [-0.1, -0.05) is 20.8 Å². The van der Waals surface area contributed by atoms with Crippen molar-refractivity contribution >= 4 is 23.1 Å². The van der Waals surface area contributed by atoms with Gasteiger partial charge in [0.15, 0.2) is 0 Å². The van der Waals surface area contributed by atoms with Gasteiger partial charge in [0.1, 0.15) is 5.82 Å². The Morgan fingerprint density at radius 2 is 2.22 bits per heavy atom. The summed E-state index contributed by atoms with van der Waals surface area (Å²) in [5.74, 6) is 0.0270. The number of amides is 1. The highest BCUT2D eigenvalue weighted by Crippen LogP contribution is 2.23. The molecule has 2 aromatic heterocycles. The molecule has 0 unspecified atom stereocenters. The number of hydrogen-bond acceptors (Lipinski definition) is 5. The Labute approximate surface area is 138 Å². The maximum absolute atomic E-state index is 12.0. The second-order valence-corrected chi connectivity index (χ2v) is 6.92. The van der Waals surface area contributed by atoms with Crippen molar-refractivity contribution in [3.8, 4) is 0 Å². The molecule has 2 aromatic rings. The molecule has 23 heavy (non-hydrogen) atoms. The molecule has 8 heteroatoms. The molecule has 0 spiro atoms. The largest absolute Gasteiger partial charge is 0.352 e. The van der Waals surface area contributed by atoms with E-state index in [1.165, 1.54) is 12.3 Å². The normalized spacial score (nSPS) is 10.9. The Balaban J connectivity index is 1.87. The van der Waals surface area contributed by atoms with Crippen LogP contribution in [0.4, 0.5) is 5.82 Å². The molecule has 0 bridgehead atoms. The SMILES string of the molecule is CC(C)(C)c1csc(CCNC(=O)c2ccc(N=[N+]=[N-])nc2)n1. The Bertz CT molecular complexity index is 725. The van der Waals surface area contributed by atoms with Crippen LogP contribution < -0.4 is 5.32 Å². The van der Waals surface area contributed by atoms with E-state index >= 15 is 0 Å². The van der Waals surface area contributed by atoms with Crippen LogP contribution in [0.15, 0.2) is 28.8 Å². The standard InChI is InChI=1S/C15H18N6OS/c1-15(2,3)11-9-23-13(19-11)6-7-17-14(22)10-4-5-12(18-8-10)20-21-16/h4-5,8-9H,6-7H2,1-3H3,(H,17,22). The smallest absolute Gasteiger partial charge is 0.252 e. The third-order valence-electron chi connectivity index (χ3n) is 3.10. The number of rotatable bonds is 5. The number of carbonyl (C=O) groups is 1. The van der Waals surface area contributed by atoms with Gasteiger partial charge < -0.3 is 5.32 Å². The molecule has 0 aliphatic rings. The lowest BCUT2D eigenvalue weighted by Crippen LogP contribution is -2.25. The van der Waals surface area contributed by atoms with Gasteiger partial charge in [-0.2, -0.15) is 0 Å². The number of azide groups is 1. The second-order valence-electron chi connectivity index (χ2n) is 5.98. The van der Waals surface area contributed by atoms with E-state index in [4.69, 9.17) is 5.53 Å². The van der Waals surface area contributed by atoms with Crippen LogP contribution in [-0.2, 0) is 11.8 Å². The molecule has 0 atom stereocenters. The predicted octanol–water partition coefficient (Wildman–Crippen LogP) is 3.75. The number of thiazole rings is 1. The van der Waals surface area contributed by atoms with Gasteiger partial charge in [-0.05, 0) is 22.8 Å². The lowest BCUT2D eigenvalue weighted by atomic mass is 9.93. The van der Waals surface area contributed by atoms with Gasteiger partial charge in [0.25, 0.3) is 5.91 Å². The first-order chi connectivity index (χ1) is 10.9. The zero-order chi connectivity index (χ0) is 16.9. The highest BCUT2D eigenvalue weighted by molar-refractivity contribution is 7.09. The van der Waals surface area contributed by atoms with Gasteiger partial charge in [-0.25, -0.2) is 4.98 Å². The van der Waals surface area contributed by atoms with Gasteiger partial charge >= 0.3 is 0 Å². The summed E-state index contributed by atoms with van der Waals surface area (Å²) in [6.07, 6.45) is 2.08. The minimum atomic E-state index is -0.211. The molecule has 120 valence electrons. The Hall–Kier alpha value is -2.44. The number of nitrogens with one attached hydrogen (secondary N) is 1. The summed E-state index contributed by atoms with van der Waals surface area (Å²) in [6.45, 7) is 6.88. The van der Waals surface area contributed by atoms with Crippen LogP contribution in [-0.4, -0.2) is 22.4 Å². The first kappa shape index (κ1) is 16.9. The molecule has 0 saturated heterocycles. The van der Waals surface area contributed by atoms with Gasteiger partial charge in [-0.3, -0.25) is 9.78 Å². The second kappa shape index (κ2) is 7.21. The van der Waals surface area contributed by atoms with Gasteiger partial charge in [0, 0.05) is 34.9 Å². The van der Waals surface area contributed by atoms with E-state index in [-0.39, 0.29) is 17.1 Å². The predicted molar refractivity (Wildman–Crippen MR) is 89.9 cm³/mol.